The number of carbonyl (C=O) groups is 1. The van der Waals surface area contributed by atoms with Gasteiger partial charge in [0.15, 0.2) is 0 Å². The van der Waals surface area contributed by atoms with Crippen LogP contribution in [0.2, 0.25) is 0 Å². The molecule has 0 radical (unpaired) electrons. The van der Waals surface area contributed by atoms with Crippen LogP contribution >= 0.6 is 0 Å². The zero-order valence-electron chi connectivity index (χ0n) is 10.4. The first kappa shape index (κ1) is 11.7. The third-order valence-corrected chi connectivity index (χ3v) is 3.45. The molecule has 0 unspecified atom stereocenters. The Balaban J connectivity index is 1.77. The highest BCUT2D eigenvalue weighted by molar-refractivity contribution is 5.67. The highest BCUT2D eigenvalue weighted by atomic mass is 16.6. The van der Waals surface area contributed by atoms with Gasteiger partial charge in [-0.2, -0.15) is 0 Å². The van der Waals surface area contributed by atoms with Gasteiger partial charge in [-0.25, -0.2) is 4.79 Å². The molecule has 2 atom stereocenters. The lowest BCUT2D eigenvalue weighted by atomic mass is 9.99. The number of fused-ring (bicyclic) bond motifs is 2. The Kier molecular flexibility index (Phi) is 2.86. The van der Waals surface area contributed by atoms with Gasteiger partial charge in [0.2, 0.25) is 0 Å². The van der Waals surface area contributed by atoms with Gasteiger partial charge >= 0.3 is 6.09 Å². The quantitative estimate of drug-likeness (QED) is 0.753. The lowest BCUT2D eigenvalue weighted by Crippen LogP contribution is -2.50. The van der Waals surface area contributed by atoms with Crippen LogP contribution in [0.25, 0.3) is 0 Å². The highest BCUT2D eigenvalue weighted by Gasteiger charge is 2.44. The summed E-state index contributed by atoms with van der Waals surface area (Å²) in [6, 6.07) is 0. The number of carbonyl (C=O) groups excluding carboxylic acids is 1. The predicted octanol–water partition coefficient (Wildman–Crippen LogP) is 1.65. The SMILES string of the molecule is CC(C)(C)OC(=O)NC[C@@]12CC[C@@H](CN1)C2. The van der Waals surface area contributed by atoms with Gasteiger partial charge in [-0.05, 0) is 52.5 Å². The van der Waals surface area contributed by atoms with Crippen LogP contribution in [0.3, 0.4) is 0 Å². The molecule has 1 saturated heterocycles. The van der Waals surface area contributed by atoms with Crippen LogP contribution in [0.4, 0.5) is 4.79 Å². The molecule has 2 aliphatic rings. The lowest BCUT2D eigenvalue weighted by molar-refractivity contribution is 0.0512. The van der Waals surface area contributed by atoms with E-state index in [0.717, 1.165) is 12.5 Å². The van der Waals surface area contributed by atoms with Gasteiger partial charge in [-0.15, -0.1) is 0 Å². The Morgan fingerprint density at radius 2 is 2.31 bits per heavy atom. The largest absolute Gasteiger partial charge is 0.444 e. The van der Waals surface area contributed by atoms with Crippen molar-refractivity contribution in [2.24, 2.45) is 5.92 Å². The van der Waals surface area contributed by atoms with Crippen molar-refractivity contribution in [3.05, 3.63) is 0 Å². The van der Waals surface area contributed by atoms with Crippen LogP contribution in [-0.4, -0.2) is 30.3 Å². The zero-order chi connectivity index (χ0) is 11.8. The predicted molar refractivity (Wildman–Crippen MR) is 62.3 cm³/mol. The van der Waals surface area contributed by atoms with Gasteiger partial charge in [0.1, 0.15) is 5.60 Å². The molecule has 0 aromatic heterocycles. The van der Waals surface area contributed by atoms with Crippen molar-refractivity contribution in [3.63, 3.8) is 0 Å². The molecule has 0 spiro atoms. The number of amides is 1. The molecule has 92 valence electrons. The second-order valence-electron chi connectivity index (χ2n) is 6.13. The summed E-state index contributed by atoms with van der Waals surface area (Å²) < 4.78 is 5.22. The van der Waals surface area contributed by atoms with E-state index < -0.39 is 5.60 Å². The van der Waals surface area contributed by atoms with E-state index in [4.69, 9.17) is 4.74 Å². The Morgan fingerprint density at radius 1 is 1.56 bits per heavy atom. The number of ether oxygens (including phenoxy) is 1. The number of piperidine rings is 1. The topological polar surface area (TPSA) is 50.4 Å². The van der Waals surface area contributed by atoms with Crippen LogP contribution in [0.15, 0.2) is 0 Å². The number of hydrogen-bond donors (Lipinski definition) is 2. The van der Waals surface area contributed by atoms with Crippen molar-refractivity contribution in [2.75, 3.05) is 13.1 Å². The Labute approximate surface area is 97.1 Å². The minimum absolute atomic E-state index is 0.154. The van der Waals surface area contributed by atoms with Gasteiger partial charge in [-0.1, -0.05) is 0 Å². The maximum Gasteiger partial charge on any atom is 0.407 e. The summed E-state index contributed by atoms with van der Waals surface area (Å²) in [6.07, 6.45) is 3.36. The van der Waals surface area contributed by atoms with Gasteiger partial charge in [0.05, 0.1) is 0 Å². The van der Waals surface area contributed by atoms with Crippen molar-refractivity contribution < 1.29 is 9.53 Å². The molecule has 2 bridgehead atoms. The molecular weight excluding hydrogens is 204 g/mol. The van der Waals surface area contributed by atoms with E-state index >= 15 is 0 Å². The first-order valence-electron chi connectivity index (χ1n) is 6.10. The van der Waals surface area contributed by atoms with Gasteiger partial charge < -0.3 is 15.4 Å². The van der Waals surface area contributed by atoms with E-state index in [-0.39, 0.29) is 11.6 Å². The number of hydrogen-bond acceptors (Lipinski definition) is 3. The van der Waals surface area contributed by atoms with Crippen LogP contribution in [-0.2, 0) is 4.74 Å². The maximum atomic E-state index is 11.5. The van der Waals surface area contributed by atoms with E-state index in [1.807, 2.05) is 20.8 Å². The van der Waals surface area contributed by atoms with Gasteiger partial charge in [0.25, 0.3) is 0 Å². The summed E-state index contributed by atoms with van der Waals surface area (Å²) in [5.41, 5.74) is -0.259. The normalized spacial score (nSPS) is 32.8. The summed E-state index contributed by atoms with van der Waals surface area (Å²) in [6.45, 7) is 7.44. The molecule has 4 nitrogen and oxygen atoms in total. The van der Waals surface area contributed by atoms with Crippen LogP contribution in [0.5, 0.6) is 0 Å². The lowest BCUT2D eigenvalue weighted by Gasteiger charge is -2.28. The zero-order valence-corrected chi connectivity index (χ0v) is 10.4. The van der Waals surface area contributed by atoms with E-state index in [0.29, 0.717) is 6.54 Å². The molecule has 2 rings (SSSR count). The fourth-order valence-corrected chi connectivity index (χ4v) is 2.71. The molecule has 16 heavy (non-hydrogen) atoms. The molecule has 1 aliphatic carbocycles. The van der Waals surface area contributed by atoms with Crippen molar-refractivity contribution in [1.29, 1.82) is 0 Å². The molecule has 1 saturated carbocycles. The first-order valence-corrected chi connectivity index (χ1v) is 6.10. The Bertz CT molecular complexity index is 275. The smallest absolute Gasteiger partial charge is 0.407 e. The third kappa shape index (κ3) is 2.67. The molecule has 1 heterocycles. The molecular formula is C12H22N2O2. The average molecular weight is 226 g/mol. The number of nitrogens with one attached hydrogen (secondary N) is 2. The van der Waals surface area contributed by atoms with E-state index in [1.165, 1.54) is 19.3 Å². The number of alkyl carbamates (subject to hydrolysis) is 1. The van der Waals surface area contributed by atoms with Crippen molar-refractivity contribution in [1.82, 2.24) is 10.6 Å². The molecule has 2 fully saturated rings. The van der Waals surface area contributed by atoms with Crippen LogP contribution < -0.4 is 10.6 Å². The fraction of sp³-hybridized carbons (Fsp3) is 0.917. The summed E-state index contributed by atoms with van der Waals surface area (Å²) in [5.74, 6) is 0.820. The van der Waals surface area contributed by atoms with Crippen molar-refractivity contribution in [3.8, 4) is 0 Å². The summed E-state index contributed by atoms with van der Waals surface area (Å²) in [4.78, 5) is 11.5. The summed E-state index contributed by atoms with van der Waals surface area (Å²) in [7, 11) is 0. The molecule has 1 amide bonds. The summed E-state index contributed by atoms with van der Waals surface area (Å²) in [5, 5.41) is 6.39. The molecule has 4 heteroatoms. The van der Waals surface area contributed by atoms with E-state index in [9.17, 15) is 4.79 Å². The minimum atomic E-state index is -0.414. The third-order valence-electron chi connectivity index (χ3n) is 3.45. The molecule has 0 aromatic rings. The second-order valence-corrected chi connectivity index (χ2v) is 6.13. The average Bonchev–Trinajstić information content (AvgIpc) is 2.72. The Hall–Kier alpha value is -0.770. The summed E-state index contributed by atoms with van der Waals surface area (Å²) >= 11 is 0. The molecule has 0 aromatic carbocycles. The first-order chi connectivity index (χ1) is 7.39. The maximum absolute atomic E-state index is 11.5. The fourth-order valence-electron chi connectivity index (χ4n) is 2.71. The van der Waals surface area contributed by atoms with Crippen LogP contribution in [0, 0.1) is 5.92 Å². The van der Waals surface area contributed by atoms with Gasteiger partial charge in [-0.3, -0.25) is 0 Å². The van der Waals surface area contributed by atoms with Crippen LogP contribution in [0.1, 0.15) is 40.0 Å². The monoisotopic (exact) mass is 226 g/mol. The Morgan fingerprint density at radius 3 is 2.75 bits per heavy atom. The standard InChI is InChI=1S/C12H22N2O2/c1-11(2,3)16-10(15)13-8-12-5-4-9(6-12)7-14-12/h9,14H,4-8H2,1-3H3,(H,13,15)/t9-,12+/m1/s1. The van der Waals surface area contributed by atoms with Crippen molar-refractivity contribution >= 4 is 6.09 Å². The minimum Gasteiger partial charge on any atom is -0.444 e. The van der Waals surface area contributed by atoms with Gasteiger partial charge in [0, 0.05) is 12.1 Å². The van der Waals surface area contributed by atoms with E-state index in [2.05, 4.69) is 10.6 Å². The second kappa shape index (κ2) is 3.91. The van der Waals surface area contributed by atoms with E-state index in [1.54, 1.807) is 0 Å². The molecule has 2 N–H and O–H groups in total. The number of rotatable bonds is 2. The molecule has 1 aliphatic heterocycles. The van der Waals surface area contributed by atoms with Crippen molar-refractivity contribution in [2.45, 2.75) is 51.2 Å². The highest BCUT2D eigenvalue weighted by Crippen LogP contribution is 2.39.